The predicted octanol–water partition coefficient (Wildman–Crippen LogP) is 9.23. The number of fused-ring (bicyclic) bond motifs is 2. The third-order valence-electron chi connectivity index (χ3n) is 10.7. The molecule has 0 spiro atoms. The number of nitrogens with one attached hydrogen (secondary N) is 2. The van der Waals surface area contributed by atoms with Gasteiger partial charge < -0.3 is 23.9 Å². The number of likely N-dealkylation sites (tertiary alicyclic amines) is 1. The van der Waals surface area contributed by atoms with Crippen molar-refractivity contribution in [2.75, 3.05) is 25.6 Å². The molecule has 8 rings (SSSR count). The molecule has 1 saturated heterocycles. The van der Waals surface area contributed by atoms with Gasteiger partial charge in [0.25, 0.3) is 11.8 Å². The van der Waals surface area contributed by atoms with E-state index in [9.17, 15) is 18.8 Å². The molecule has 5 heterocycles. The highest BCUT2D eigenvalue weighted by Crippen LogP contribution is 2.50. The van der Waals surface area contributed by atoms with Gasteiger partial charge in [0, 0.05) is 35.2 Å². The number of pyridine rings is 2. The van der Waals surface area contributed by atoms with Crippen molar-refractivity contribution >= 4 is 39.3 Å². The first-order chi connectivity index (χ1) is 29.2. The number of aromatic nitrogens is 4. The molecule has 61 heavy (non-hydrogen) atoms. The number of aryl methyl sites for hydroxylation is 2. The topological polar surface area (TPSA) is 162 Å². The Morgan fingerprint density at radius 2 is 1.89 bits per heavy atom. The van der Waals surface area contributed by atoms with Gasteiger partial charge in [-0.2, -0.15) is 0 Å². The zero-order chi connectivity index (χ0) is 43.2. The minimum absolute atomic E-state index is 0.00543. The van der Waals surface area contributed by atoms with E-state index in [0.29, 0.717) is 63.3 Å². The first kappa shape index (κ1) is 41.5. The Balaban J connectivity index is 1.36. The summed E-state index contributed by atoms with van der Waals surface area (Å²) in [7, 11) is 1.44. The molecule has 318 valence electrons. The Hall–Kier alpha value is -6.23. The van der Waals surface area contributed by atoms with Crippen LogP contribution >= 0.6 is 11.3 Å². The summed E-state index contributed by atoms with van der Waals surface area (Å²) in [5.74, 6) is -4.83. The van der Waals surface area contributed by atoms with Crippen molar-refractivity contribution in [3.05, 3.63) is 111 Å². The fourth-order valence-corrected chi connectivity index (χ4v) is 9.28. The standard InChI is InChI=1S/C44H43F3N6O7S/c1-6-58-40(54)34-33(31-21-24-18-19-48-38(36(24)61-31)50-37-26-9-7-11-30(57-5)27(26)22-44(37,46)47)32(39-51-52-41(55)59-39)28(17-14-23-12-15-25(45)16-13-23)49-35(34)29-10-8-20-53(29)42(56)60-43(2,3)4/h7,9,11-13,15-16,18-19,21,29,37H,6,8,10,14,17,20,22H2,1-5H3,(H,48,50)(H,52,55)/t29-,37-/m0/s1. The highest BCUT2D eigenvalue weighted by molar-refractivity contribution is 7.23. The molecule has 0 saturated carbocycles. The smallest absolute Gasteiger partial charge is 0.434 e. The van der Waals surface area contributed by atoms with Gasteiger partial charge in [0.1, 0.15) is 29.0 Å². The second-order valence-electron chi connectivity index (χ2n) is 15.9. The molecule has 17 heteroatoms. The van der Waals surface area contributed by atoms with Crippen LogP contribution in [0.5, 0.6) is 5.75 Å². The molecule has 4 aromatic heterocycles. The average molecular weight is 857 g/mol. The Kier molecular flexibility index (Phi) is 11.1. The summed E-state index contributed by atoms with van der Waals surface area (Å²) in [4.78, 5) is 52.6. The van der Waals surface area contributed by atoms with Crippen LogP contribution in [0.1, 0.15) is 91.1 Å². The molecular formula is C44H43F3N6O7S. The summed E-state index contributed by atoms with van der Waals surface area (Å²) in [6, 6.07) is 12.3. The molecule has 1 aliphatic carbocycles. The zero-order valence-corrected chi connectivity index (χ0v) is 34.9. The van der Waals surface area contributed by atoms with Crippen LogP contribution in [0.2, 0.25) is 0 Å². The maximum absolute atomic E-state index is 15.9. The molecule has 1 fully saturated rings. The third-order valence-corrected chi connectivity index (χ3v) is 11.9. The second-order valence-corrected chi connectivity index (χ2v) is 16.9. The number of rotatable bonds is 11. The number of nitrogens with zero attached hydrogens (tertiary/aromatic N) is 4. The summed E-state index contributed by atoms with van der Waals surface area (Å²) >= 11 is 1.17. The summed E-state index contributed by atoms with van der Waals surface area (Å²) in [6.07, 6.45) is 1.93. The number of aromatic amines is 1. The molecule has 2 atom stereocenters. The Labute approximate surface area is 352 Å². The second kappa shape index (κ2) is 16.3. The Bertz CT molecular complexity index is 2690. The van der Waals surface area contributed by atoms with E-state index < -0.39 is 53.7 Å². The number of halogens is 3. The van der Waals surface area contributed by atoms with Gasteiger partial charge >= 0.3 is 17.8 Å². The molecule has 0 unspecified atom stereocenters. The van der Waals surface area contributed by atoms with Gasteiger partial charge in [0.2, 0.25) is 0 Å². The number of alkyl halides is 2. The number of anilines is 1. The van der Waals surface area contributed by atoms with E-state index in [0.717, 1.165) is 5.56 Å². The number of hydrogen-bond donors (Lipinski definition) is 2. The van der Waals surface area contributed by atoms with Gasteiger partial charge in [0.15, 0.2) is 0 Å². The van der Waals surface area contributed by atoms with Crippen molar-refractivity contribution < 1.29 is 41.4 Å². The monoisotopic (exact) mass is 856 g/mol. The molecule has 2 aromatic carbocycles. The summed E-state index contributed by atoms with van der Waals surface area (Å²) in [5, 5.41) is 10.2. The van der Waals surface area contributed by atoms with E-state index in [4.69, 9.17) is 23.6 Å². The van der Waals surface area contributed by atoms with Crippen LogP contribution in [0, 0.1) is 5.82 Å². The number of ether oxygens (including phenoxy) is 3. The number of benzene rings is 2. The SMILES string of the molecule is CCOC(=O)c1c([C@@H]2CCCN2C(=O)OC(C)(C)C)nc(CCc2ccc(F)cc2)c(-c2n[nH]c(=O)o2)c1-c1cc2ccnc(N[C@H]3c4cccc(OC)c4CC3(F)F)c2s1. The van der Waals surface area contributed by atoms with E-state index in [1.54, 1.807) is 75.1 Å². The van der Waals surface area contributed by atoms with Gasteiger partial charge in [-0.1, -0.05) is 24.3 Å². The highest BCUT2D eigenvalue weighted by atomic mass is 32.1. The van der Waals surface area contributed by atoms with Crippen molar-refractivity contribution in [2.45, 2.75) is 83.4 Å². The lowest BCUT2D eigenvalue weighted by Gasteiger charge is -2.30. The van der Waals surface area contributed by atoms with Gasteiger partial charge in [-0.3, -0.25) is 9.88 Å². The van der Waals surface area contributed by atoms with Crippen LogP contribution in [0.25, 0.3) is 32.0 Å². The lowest BCUT2D eigenvalue weighted by molar-refractivity contribution is -0.00736. The first-order valence-corrected chi connectivity index (χ1v) is 20.7. The summed E-state index contributed by atoms with van der Waals surface area (Å²) < 4.78 is 68.7. The molecule has 1 aliphatic heterocycles. The zero-order valence-electron chi connectivity index (χ0n) is 34.1. The molecule has 2 aliphatic rings. The normalized spacial score (nSPS) is 17.1. The van der Waals surface area contributed by atoms with Crippen molar-refractivity contribution in [2.24, 2.45) is 0 Å². The molecule has 13 nitrogen and oxygen atoms in total. The number of esters is 1. The molecule has 6 aromatic rings. The van der Waals surface area contributed by atoms with Gasteiger partial charge in [0.05, 0.1) is 47.0 Å². The van der Waals surface area contributed by atoms with Crippen LogP contribution in [0.3, 0.4) is 0 Å². The van der Waals surface area contributed by atoms with Crippen molar-refractivity contribution in [3.63, 3.8) is 0 Å². The number of hydrogen-bond acceptors (Lipinski definition) is 12. The van der Waals surface area contributed by atoms with E-state index in [-0.39, 0.29) is 47.1 Å². The van der Waals surface area contributed by atoms with Crippen LogP contribution in [-0.4, -0.2) is 68.9 Å². The van der Waals surface area contributed by atoms with Gasteiger partial charge in [-0.25, -0.2) is 37.6 Å². The van der Waals surface area contributed by atoms with E-state index >= 15 is 8.78 Å². The summed E-state index contributed by atoms with van der Waals surface area (Å²) in [6.45, 7) is 7.26. The third kappa shape index (κ3) is 8.18. The lowest BCUT2D eigenvalue weighted by atomic mass is 9.91. The Morgan fingerprint density at radius 1 is 1.10 bits per heavy atom. The first-order valence-electron chi connectivity index (χ1n) is 19.9. The van der Waals surface area contributed by atoms with Gasteiger partial charge in [-0.15, -0.1) is 16.4 Å². The van der Waals surface area contributed by atoms with Crippen LogP contribution in [0.4, 0.5) is 23.8 Å². The van der Waals surface area contributed by atoms with Crippen LogP contribution in [-0.2, 0) is 28.7 Å². The van der Waals surface area contributed by atoms with Crippen LogP contribution < -0.4 is 15.8 Å². The molecule has 2 N–H and O–H groups in total. The number of H-pyrrole nitrogens is 1. The quantitative estimate of drug-likeness (QED) is 0.120. The highest BCUT2D eigenvalue weighted by Gasteiger charge is 2.49. The lowest BCUT2D eigenvalue weighted by Crippen LogP contribution is -2.37. The van der Waals surface area contributed by atoms with Crippen molar-refractivity contribution in [1.82, 2.24) is 25.1 Å². The largest absolute Gasteiger partial charge is 0.496 e. The predicted molar refractivity (Wildman–Crippen MR) is 222 cm³/mol. The minimum Gasteiger partial charge on any atom is -0.496 e. The number of carbonyl (C=O) groups excluding carboxylic acids is 2. The molecule has 0 radical (unpaired) electrons. The fraction of sp³-hybridized carbons (Fsp3) is 0.364. The number of carbonyl (C=O) groups is 2. The van der Waals surface area contributed by atoms with Crippen LogP contribution in [0.15, 0.2) is 70.0 Å². The number of methoxy groups -OCH3 is 1. The van der Waals surface area contributed by atoms with Gasteiger partial charge in [-0.05, 0) is 100 Å². The maximum atomic E-state index is 15.9. The number of thiophene rings is 1. The Morgan fingerprint density at radius 3 is 2.59 bits per heavy atom. The molecule has 1 amide bonds. The van der Waals surface area contributed by atoms with E-state index in [1.165, 1.54) is 36.8 Å². The van der Waals surface area contributed by atoms with Crippen molar-refractivity contribution in [3.8, 4) is 27.6 Å². The number of amides is 1. The minimum atomic E-state index is -3.19. The summed E-state index contributed by atoms with van der Waals surface area (Å²) in [5.41, 5.74) is 1.79. The van der Waals surface area contributed by atoms with E-state index in [2.05, 4.69) is 20.5 Å². The molecule has 0 bridgehead atoms. The van der Waals surface area contributed by atoms with E-state index in [1.807, 2.05) is 0 Å². The maximum Gasteiger partial charge on any atom is 0.434 e. The molecular weight excluding hydrogens is 814 g/mol. The van der Waals surface area contributed by atoms with Crippen molar-refractivity contribution in [1.29, 1.82) is 0 Å². The average Bonchev–Trinajstić information content (AvgIpc) is 4.02. The fourth-order valence-electron chi connectivity index (χ4n) is 8.11.